The fourth-order valence-electron chi connectivity index (χ4n) is 0.919. The minimum absolute atomic E-state index is 0.254. The van der Waals surface area contributed by atoms with E-state index in [0.717, 1.165) is 0 Å². The largest absolute Gasteiger partial charge is 0.122 e. The summed E-state index contributed by atoms with van der Waals surface area (Å²) in [7, 11) is 0. The summed E-state index contributed by atoms with van der Waals surface area (Å²) in [6.45, 7) is 10.4. The Morgan fingerprint density at radius 1 is 1.45 bits per heavy atom. The van der Waals surface area contributed by atoms with Gasteiger partial charge in [-0.05, 0) is 11.3 Å². The molecule has 1 unspecified atom stereocenters. The highest BCUT2D eigenvalue weighted by atomic mass is 35.5. The molecule has 0 radical (unpaired) electrons. The third-order valence-electron chi connectivity index (χ3n) is 1.69. The predicted octanol–water partition coefficient (Wildman–Crippen LogP) is 3.63. The van der Waals surface area contributed by atoms with Crippen LogP contribution in [0.25, 0.3) is 0 Å². The number of rotatable bonds is 3. The molecular formula is C10H17Cl. The molecule has 0 aliphatic heterocycles. The van der Waals surface area contributed by atoms with E-state index in [2.05, 4.69) is 33.4 Å². The van der Waals surface area contributed by atoms with Crippen LogP contribution in [0.1, 0.15) is 20.8 Å². The van der Waals surface area contributed by atoms with Gasteiger partial charge in [0.1, 0.15) is 0 Å². The van der Waals surface area contributed by atoms with Crippen molar-refractivity contribution in [2.45, 2.75) is 20.8 Å². The fraction of sp³-hybridized carbons (Fsp3) is 0.600. The van der Waals surface area contributed by atoms with Crippen LogP contribution in [-0.2, 0) is 0 Å². The van der Waals surface area contributed by atoms with Gasteiger partial charge in [0.15, 0.2) is 0 Å². The van der Waals surface area contributed by atoms with Crippen molar-refractivity contribution in [3.8, 4) is 0 Å². The summed E-state index contributed by atoms with van der Waals surface area (Å²) in [5.41, 5.74) is 0.254. The zero-order valence-electron chi connectivity index (χ0n) is 7.60. The number of halogens is 1. The van der Waals surface area contributed by atoms with Crippen molar-refractivity contribution < 1.29 is 0 Å². The molecule has 0 aromatic heterocycles. The monoisotopic (exact) mass is 172 g/mol. The van der Waals surface area contributed by atoms with Crippen LogP contribution in [0.3, 0.4) is 0 Å². The standard InChI is InChI=1S/C10H17Cl/c1-5-9(7-6-8-11)10(2,3)4/h5-7,9H,1,8H2,2-4H3/b7-6-. The molecule has 1 heteroatoms. The highest BCUT2D eigenvalue weighted by Crippen LogP contribution is 2.27. The lowest BCUT2D eigenvalue weighted by atomic mass is 9.81. The summed E-state index contributed by atoms with van der Waals surface area (Å²) in [4.78, 5) is 0. The third kappa shape index (κ3) is 4.26. The maximum atomic E-state index is 5.53. The van der Waals surface area contributed by atoms with Crippen LogP contribution in [0.4, 0.5) is 0 Å². The summed E-state index contributed by atoms with van der Waals surface area (Å²) in [5, 5.41) is 0. The molecule has 0 rings (SSSR count). The van der Waals surface area contributed by atoms with Crippen molar-refractivity contribution in [1.82, 2.24) is 0 Å². The number of alkyl halides is 1. The van der Waals surface area contributed by atoms with Crippen LogP contribution in [0.5, 0.6) is 0 Å². The van der Waals surface area contributed by atoms with E-state index in [1.165, 1.54) is 0 Å². The van der Waals surface area contributed by atoms with E-state index >= 15 is 0 Å². The summed E-state index contributed by atoms with van der Waals surface area (Å²) >= 11 is 5.53. The Kier molecular flexibility index (Phi) is 4.51. The Morgan fingerprint density at radius 3 is 2.27 bits per heavy atom. The van der Waals surface area contributed by atoms with Crippen molar-refractivity contribution >= 4 is 11.6 Å². The summed E-state index contributed by atoms with van der Waals surface area (Å²) < 4.78 is 0. The van der Waals surface area contributed by atoms with E-state index in [1.54, 1.807) is 0 Å². The Morgan fingerprint density at radius 2 is 2.00 bits per heavy atom. The average molecular weight is 173 g/mol. The zero-order chi connectivity index (χ0) is 8.91. The second-order valence-corrected chi connectivity index (χ2v) is 4.02. The molecule has 1 atom stereocenters. The van der Waals surface area contributed by atoms with Gasteiger partial charge in [0.2, 0.25) is 0 Å². The normalized spacial score (nSPS) is 15.3. The van der Waals surface area contributed by atoms with Crippen LogP contribution in [0, 0.1) is 11.3 Å². The number of hydrogen-bond acceptors (Lipinski definition) is 0. The molecule has 0 saturated heterocycles. The van der Waals surface area contributed by atoms with Crippen LogP contribution in [0.2, 0.25) is 0 Å². The third-order valence-corrected chi connectivity index (χ3v) is 1.86. The van der Waals surface area contributed by atoms with Crippen LogP contribution in [0.15, 0.2) is 24.8 Å². The maximum absolute atomic E-state index is 5.53. The highest BCUT2D eigenvalue weighted by molar-refractivity contribution is 6.18. The van der Waals surface area contributed by atoms with Gasteiger partial charge in [-0.15, -0.1) is 18.2 Å². The lowest BCUT2D eigenvalue weighted by Gasteiger charge is -2.24. The molecule has 0 saturated carbocycles. The van der Waals surface area contributed by atoms with E-state index < -0.39 is 0 Å². The molecule has 0 aromatic carbocycles. The van der Waals surface area contributed by atoms with Gasteiger partial charge in [-0.3, -0.25) is 0 Å². The topological polar surface area (TPSA) is 0 Å². The Balaban J connectivity index is 4.18. The molecule has 0 N–H and O–H groups in total. The minimum atomic E-state index is 0.254. The van der Waals surface area contributed by atoms with E-state index in [0.29, 0.717) is 11.8 Å². The molecule has 0 nitrogen and oxygen atoms in total. The lowest BCUT2D eigenvalue weighted by Crippen LogP contribution is -2.15. The van der Waals surface area contributed by atoms with Crippen LogP contribution in [-0.4, -0.2) is 5.88 Å². The first-order valence-electron chi connectivity index (χ1n) is 3.87. The lowest BCUT2D eigenvalue weighted by molar-refractivity contribution is 0.344. The first kappa shape index (κ1) is 10.8. The smallest absolute Gasteiger partial charge is 0.0404 e. The maximum Gasteiger partial charge on any atom is 0.0404 e. The van der Waals surface area contributed by atoms with Gasteiger partial charge in [-0.1, -0.05) is 39.0 Å². The van der Waals surface area contributed by atoms with Gasteiger partial charge < -0.3 is 0 Å². The molecule has 0 spiro atoms. The second-order valence-electron chi connectivity index (χ2n) is 3.71. The first-order valence-corrected chi connectivity index (χ1v) is 4.41. The molecule has 0 aliphatic rings. The van der Waals surface area contributed by atoms with Crippen molar-refractivity contribution in [2.75, 3.05) is 5.88 Å². The number of allylic oxidation sites excluding steroid dienone is 3. The first-order chi connectivity index (χ1) is 5.02. The molecule has 0 bridgehead atoms. The predicted molar refractivity (Wildman–Crippen MR) is 53.0 cm³/mol. The van der Waals surface area contributed by atoms with Crippen molar-refractivity contribution in [2.24, 2.45) is 11.3 Å². The van der Waals surface area contributed by atoms with Gasteiger partial charge in [-0.2, -0.15) is 0 Å². The molecule has 64 valence electrons. The second kappa shape index (κ2) is 4.61. The van der Waals surface area contributed by atoms with Crippen molar-refractivity contribution in [3.63, 3.8) is 0 Å². The van der Waals surface area contributed by atoms with E-state index in [-0.39, 0.29) is 5.41 Å². The summed E-state index contributed by atoms with van der Waals surface area (Å²) in [6.07, 6.45) is 6.04. The SMILES string of the molecule is C=CC(/C=C\CCl)C(C)(C)C. The minimum Gasteiger partial charge on any atom is -0.122 e. The molecule has 0 amide bonds. The van der Waals surface area contributed by atoms with E-state index in [4.69, 9.17) is 11.6 Å². The molecule has 0 aliphatic carbocycles. The molecule has 0 fully saturated rings. The van der Waals surface area contributed by atoms with Crippen molar-refractivity contribution in [1.29, 1.82) is 0 Å². The molecular weight excluding hydrogens is 156 g/mol. The quantitative estimate of drug-likeness (QED) is 0.451. The van der Waals surface area contributed by atoms with Gasteiger partial charge in [0, 0.05) is 5.88 Å². The van der Waals surface area contributed by atoms with Gasteiger partial charge in [0.25, 0.3) is 0 Å². The van der Waals surface area contributed by atoms with Gasteiger partial charge in [-0.25, -0.2) is 0 Å². The van der Waals surface area contributed by atoms with Gasteiger partial charge in [0.05, 0.1) is 0 Å². The zero-order valence-corrected chi connectivity index (χ0v) is 8.36. The van der Waals surface area contributed by atoms with Crippen LogP contribution >= 0.6 is 11.6 Å². The van der Waals surface area contributed by atoms with E-state index in [9.17, 15) is 0 Å². The Hall–Kier alpha value is -0.230. The molecule has 0 heterocycles. The molecule has 0 aromatic rings. The Labute approximate surface area is 74.9 Å². The van der Waals surface area contributed by atoms with Crippen LogP contribution < -0.4 is 0 Å². The average Bonchev–Trinajstić information content (AvgIpc) is 1.87. The highest BCUT2D eigenvalue weighted by Gasteiger charge is 2.18. The Bertz CT molecular complexity index is 139. The summed E-state index contributed by atoms with van der Waals surface area (Å²) in [5.74, 6) is 1.00. The number of hydrogen-bond donors (Lipinski definition) is 0. The van der Waals surface area contributed by atoms with Crippen molar-refractivity contribution in [3.05, 3.63) is 24.8 Å². The summed E-state index contributed by atoms with van der Waals surface area (Å²) in [6, 6.07) is 0. The van der Waals surface area contributed by atoms with Gasteiger partial charge >= 0.3 is 0 Å². The molecule has 11 heavy (non-hydrogen) atoms. The fourth-order valence-corrected chi connectivity index (χ4v) is 1.02. The van der Waals surface area contributed by atoms with E-state index in [1.807, 2.05) is 12.2 Å².